The van der Waals surface area contributed by atoms with Gasteiger partial charge in [0.2, 0.25) is 0 Å². The molecular formula is C28H37F3O2. The van der Waals surface area contributed by atoms with E-state index in [0.717, 1.165) is 44.6 Å². The first-order valence-electron chi connectivity index (χ1n) is 12.0. The second kappa shape index (κ2) is 12.8. The number of rotatable bonds is 12. The van der Waals surface area contributed by atoms with Crippen molar-refractivity contribution in [1.82, 2.24) is 0 Å². The topological polar surface area (TPSA) is 26.3 Å². The first-order valence-corrected chi connectivity index (χ1v) is 12.0. The summed E-state index contributed by atoms with van der Waals surface area (Å²) in [6.45, 7) is 5.34. The Morgan fingerprint density at radius 3 is 1.97 bits per heavy atom. The summed E-state index contributed by atoms with van der Waals surface area (Å²) in [4.78, 5) is 12.1. The van der Waals surface area contributed by atoms with E-state index in [2.05, 4.69) is 24.3 Å². The highest BCUT2D eigenvalue weighted by atomic mass is 19.4. The third-order valence-electron chi connectivity index (χ3n) is 5.58. The Morgan fingerprint density at radius 2 is 1.36 bits per heavy atom. The summed E-state index contributed by atoms with van der Waals surface area (Å²) in [5.41, 5.74) is 1.10. The maximum absolute atomic E-state index is 13.6. The summed E-state index contributed by atoms with van der Waals surface area (Å²) >= 11 is 0. The number of carbonyl (C=O) groups excluding carboxylic acids is 1. The van der Waals surface area contributed by atoms with Crippen molar-refractivity contribution in [2.75, 3.05) is 0 Å². The van der Waals surface area contributed by atoms with Crippen LogP contribution in [0, 0.1) is 0 Å². The van der Waals surface area contributed by atoms with Crippen molar-refractivity contribution < 1.29 is 22.7 Å². The minimum absolute atomic E-state index is 0.0764. The van der Waals surface area contributed by atoms with Gasteiger partial charge in [0, 0.05) is 6.42 Å². The Balaban J connectivity index is 1.84. The van der Waals surface area contributed by atoms with Crippen molar-refractivity contribution in [2.45, 2.75) is 96.8 Å². The SMILES string of the molecule is CC(C)(C)OC(=O)CCc1cccc(C(F)(F)F)c1CCCCCCCCc1ccccc1. The molecular weight excluding hydrogens is 425 g/mol. The summed E-state index contributed by atoms with van der Waals surface area (Å²) in [7, 11) is 0. The number of unbranched alkanes of at least 4 members (excludes halogenated alkanes) is 5. The van der Waals surface area contributed by atoms with E-state index in [4.69, 9.17) is 4.74 Å². The molecule has 182 valence electrons. The average Bonchev–Trinajstić information content (AvgIpc) is 2.73. The Labute approximate surface area is 196 Å². The van der Waals surface area contributed by atoms with Gasteiger partial charge in [-0.3, -0.25) is 4.79 Å². The van der Waals surface area contributed by atoms with E-state index in [9.17, 15) is 18.0 Å². The number of alkyl halides is 3. The number of hydrogen-bond donors (Lipinski definition) is 0. The molecule has 0 aromatic heterocycles. The maximum Gasteiger partial charge on any atom is 0.416 e. The van der Waals surface area contributed by atoms with Crippen LogP contribution in [0.3, 0.4) is 0 Å². The van der Waals surface area contributed by atoms with E-state index >= 15 is 0 Å². The summed E-state index contributed by atoms with van der Waals surface area (Å²) in [5, 5.41) is 0. The van der Waals surface area contributed by atoms with Crippen molar-refractivity contribution in [2.24, 2.45) is 0 Å². The van der Waals surface area contributed by atoms with Crippen LogP contribution in [-0.4, -0.2) is 11.6 Å². The average molecular weight is 463 g/mol. The molecule has 0 aliphatic carbocycles. The van der Waals surface area contributed by atoms with Crippen molar-refractivity contribution in [3.63, 3.8) is 0 Å². The van der Waals surface area contributed by atoms with E-state index in [1.165, 1.54) is 11.6 Å². The Bertz CT molecular complexity index is 852. The zero-order valence-corrected chi connectivity index (χ0v) is 20.1. The number of halogens is 3. The summed E-state index contributed by atoms with van der Waals surface area (Å²) in [5.74, 6) is -0.388. The molecule has 0 spiro atoms. The zero-order valence-electron chi connectivity index (χ0n) is 20.1. The van der Waals surface area contributed by atoms with Crippen LogP contribution in [0.2, 0.25) is 0 Å². The lowest BCUT2D eigenvalue weighted by molar-refractivity contribution is -0.154. The second-order valence-corrected chi connectivity index (χ2v) is 9.63. The van der Waals surface area contributed by atoms with Gasteiger partial charge < -0.3 is 4.74 Å². The van der Waals surface area contributed by atoms with Gasteiger partial charge in [-0.15, -0.1) is 0 Å². The maximum atomic E-state index is 13.6. The molecule has 2 aromatic carbocycles. The van der Waals surface area contributed by atoms with Crippen LogP contribution in [0.4, 0.5) is 13.2 Å². The molecule has 0 unspecified atom stereocenters. The molecule has 2 nitrogen and oxygen atoms in total. The predicted octanol–water partition coefficient (Wildman–Crippen LogP) is 8.11. The van der Waals surface area contributed by atoms with E-state index in [1.54, 1.807) is 26.8 Å². The molecule has 0 fully saturated rings. The first-order chi connectivity index (χ1) is 15.6. The molecule has 0 radical (unpaired) electrons. The minimum atomic E-state index is -4.39. The lowest BCUT2D eigenvalue weighted by Crippen LogP contribution is -2.24. The number of esters is 1. The van der Waals surface area contributed by atoms with Gasteiger partial charge >= 0.3 is 12.1 Å². The van der Waals surface area contributed by atoms with Crippen LogP contribution in [0.5, 0.6) is 0 Å². The van der Waals surface area contributed by atoms with Crippen molar-refractivity contribution >= 4 is 5.97 Å². The third kappa shape index (κ3) is 10.4. The fraction of sp³-hybridized carbons (Fsp3) is 0.536. The van der Waals surface area contributed by atoms with E-state index in [0.29, 0.717) is 24.0 Å². The molecule has 0 saturated heterocycles. The lowest BCUT2D eigenvalue weighted by atomic mass is 9.92. The number of aryl methyl sites for hydroxylation is 2. The van der Waals surface area contributed by atoms with E-state index in [-0.39, 0.29) is 18.8 Å². The van der Waals surface area contributed by atoms with Crippen LogP contribution in [-0.2, 0) is 35.0 Å². The van der Waals surface area contributed by atoms with Crippen LogP contribution in [0.25, 0.3) is 0 Å². The van der Waals surface area contributed by atoms with Crippen LogP contribution < -0.4 is 0 Å². The van der Waals surface area contributed by atoms with Gasteiger partial charge in [0.1, 0.15) is 5.60 Å². The highest BCUT2D eigenvalue weighted by Crippen LogP contribution is 2.34. The molecule has 0 aliphatic rings. The molecule has 0 heterocycles. The van der Waals surface area contributed by atoms with E-state index < -0.39 is 17.3 Å². The summed E-state index contributed by atoms with van der Waals surface area (Å²) in [6.07, 6.45) is 3.40. The fourth-order valence-electron chi connectivity index (χ4n) is 4.04. The molecule has 0 amide bonds. The normalized spacial score (nSPS) is 12.1. The molecule has 0 bridgehead atoms. The van der Waals surface area contributed by atoms with E-state index in [1.807, 2.05) is 6.07 Å². The molecule has 0 N–H and O–H groups in total. The monoisotopic (exact) mass is 462 g/mol. The Morgan fingerprint density at radius 1 is 0.758 bits per heavy atom. The molecule has 0 saturated carbocycles. The standard InChI is InChI=1S/C28H37F3O2/c1-27(2,3)33-26(32)21-20-23-17-13-19-25(28(29,30)31)24(23)18-12-7-5-4-6-9-14-22-15-10-8-11-16-22/h8,10-11,13,15-17,19H,4-7,9,12,14,18,20-21H2,1-3H3. The quantitative estimate of drug-likeness (QED) is 0.235. The minimum Gasteiger partial charge on any atom is -0.460 e. The molecule has 5 heteroatoms. The number of ether oxygens (including phenoxy) is 1. The third-order valence-corrected chi connectivity index (χ3v) is 5.58. The van der Waals surface area contributed by atoms with Crippen molar-refractivity contribution in [1.29, 1.82) is 0 Å². The van der Waals surface area contributed by atoms with Gasteiger partial charge in [0.05, 0.1) is 5.56 Å². The zero-order chi connectivity index (χ0) is 24.3. The highest BCUT2D eigenvalue weighted by Gasteiger charge is 2.33. The highest BCUT2D eigenvalue weighted by molar-refractivity contribution is 5.70. The lowest BCUT2D eigenvalue weighted by Gasteiger charge is -2.20. The number of benzene rings is 2. The first kappa shape index (κ1) is 26.9. The van der Waals surface area contributed by atoms with Crippen LogP contribution in [0.1, 0.15) is 88.0 Å². The largest absolute Gasteiger partial charge is 0.460 e. The number of carbonyl (C=O) groups is 1. The smallest absolute Gasteiger partial charge is 0.416 e. The van der Waals surface area contributed by atoms with Gasteiger partial charge in [0.15, 0.2) is 0 Å². The number of hydrogen-bond acceptors (Lipinski definition) is 2. The van der Waals surface area contributed by atoms with Gasteiger partial charge in [0.25, 0.3) is 0 Å². The molecule has 2 rings (SSSR count). The second-order valence-electron chi connectivity index (χ2n) is 9.63. The predicted molar refractivity (Wildman–Crippen MR) is 127 cm³/mol. The Kier molecular flexibility index (Phi) is 10.5. The molecule has 2 aromatic rings. The molecule has 0 aliphatic heterocycles. The van der Waals surface area contributed by atoms with Gasteiger partial charge in [-0.2, -0.15) is 13.2 Å². The molecule has 33 heavy (non-hydrogen) atoms. The molecule has 0 atom stereocenters. The fourth-order valence-corrected chi connectivity index (χ4v) is 4.04. The van der Waals surface area contributed by atoms with Crippen molar-refractivity contribution in [3.05, 3.63) is 70.8 Å². The van der Waals surface area contributed by atoms with Crippen molar-refractivity contribution in [3.8, 4) is 0 Å². The summed E-state index contributed by atoms with van der Waals surface area (Å²) in [6, 6.07) is 14.7. The Hall–Kier alpha value is -2.30. The van der Waals surface area contributed by atoms with Gasteiger partial charge in [-0.1, -0.05) is 68.1 Å². The summed E-state index contributed by atoms with van der Waals surface area (Å²) < 4.78 is 46.1. The van der Waals surface area contributed by atoms with Gasteiger partial charge in [-0.05, 0) is 75.6 Å². The van der Waals surface area contributed by atoms with Crippen LogP contribution in [0.15, 0.2) is 48.5 Å². The van der Waals surface area contributed by atoms with Crippen LogP contribution >= 0.6 is 0 Å². The van der Waals surface area contributed by atoms with Gasteiger partial charge in [-0.25, -0.2) is 0 Å².